The molecule has 0 amide bonds. The number of hydrogen-bond donors (Lipinski definition) is 0. The molecule has 1 aromatic carbocycles. The standard InChI is InChI=1S/C14H15FN2O/c15-12-3-1-2-11(4-12)14-7-16-5-10(13(14)18)6-17(8-14)9-16/h1-4,10H,5-9H2. The van der Waals surface area contributed by atoms with Crippen LogP contribution < -0.4 is 0 Å². The number of nitrogens with zero attached hydrogens (tertiary/aromatic N) is 2. The fraction of sp³-hybridized carbons (Fsp3) is 0.500. The number of halogens is 1. The van der Waals surface area contributed by atoms with Gasteiger partial charge in [-0.05, 0) is 17.7 Å². The van der Waals surface area contributed by atoms with Gasteiger partial charge in [-0.25, -0.2) is 4.39 Å². The Morgan fingerprint density at radius 2 is 1.94 bits per heavy atom. The van der Waals surface area contributed by atoms with Gasteiger partial charge in [0.05, 0.1) is 12.1 Å². The average molecular weight is 246 g/mol. The summed E-state index contributed by atoms with van der Waals surface area (Å²) in [6.45, 7) is 4.23. The van der Waals surface area contributed by atoms with E-state index < -0.39 is 5.41 Å². The zero-order valence-electron chi connectivity index (χ0n) is 10.1. The van der Waals surface area contributed by atoms with Crippen molar-refractivity contribution in [2.24, 2.45) is 5.92 Å². The van der Waals surface area contributed by atoms with Crippen LogP contribution in [0.3, 0.4) is 0 Å². The first-order valence-electron chi connectivity index (χ1n) is 6.42. The Hall–Kier alpha value is -1.26. The number of piperidine rings is 2. The van der Waals surface area contributed by atoms with E-state index in [1.807, 2.05) is 6.07 Å². The minimum Gasteiger partial charge on any atom is -0.298 e. The van der Waals surface area contributed by atoms with Crippen LogP contribution in [0, 0.1) is 11.7 Å². The molecular formula is C14H15FN2O. The molecule has 4 bridgehead atoms. The first kappa shape index (κ1) is 10.6. The quantitative estimate of drug-likeness (QED) is 0.734. The number of carbonyl (C=O) groups excluding carboxylic acids is 1. The van der Waals surface area contributed by atoms with Crippen molar-refractivity contribution < 1.29 is 9.18 Å². The topological polar surface area (TPSA) is 23.6 Å². The molecule has 4 fully saturated rings. The molecule has 94 valence electrons. The first-order valence-corrected chi connectivity index (χ1v) is 6.42. The van der Waals surface area contributed by atoms with Crippen LogP contribution in [0.1, 0.15) is 5.56 Å². The highest BCUT2D eigenvalue weighted by molar-refractivity contribution is 5.95. The minimum atomic E-state index is -0.485. The molecule has 4 heteroatoms. The van der Waals surface area contributed by atoms with Crippen molar-refractivity contribution in [3.63, 3.8) is 0 Å². The summed E-state index contributed by atoms with van der Waals surface area (Å²) in [5.74, 6) is 0.186. The summed E-state index contributed by atoms with van der Waals surface area (Å²) in [6, 6.07) is 6.58. The van der Waals surface area contributed by atoms with Crippen molar-refractivity contribution in [1.82, 2.24) is 9.80 Å². The maximum Gasteiger partial charge on any atom is 0.151 e. The van der Waals surface area contributed by atoms with Crippen molar-refractivity contribution in [1.29, 1.82) is 0 Å². The summed E-state index contributed by atoms with van der Waals surface area (Å²) in [4.78, 5) is 17.3. The van der Waals surface area contributed by atoms with Crippen LogP contribution in [-0.2, 0) is 10.2 Å². The summed E-state index contributed by atoms with van der Waals surface area (Å²) >= 11 is 0. The predicted molar refractivity (Wildman–Crippen MR) is 64.6 cm³/mol. The van der Waals surface area contributed by atoms with Crippen LogP contribution in [-0.4, -0.2) is 48.4 Å². The summed E-state index contributed by atoms with van der Waals surface area (Å²) in [6.07, 6.45) is 0. The molecule has 0 radical (unpaired) electrons. The minimum absolute atomic E-state index is 0.115. The van der Waals surface area contributed by atoms with Gasteiger partial charge in [0.2, 0.25) is 0 Å². The monoisotopic (exact) mass is 246 g/mol. The Labute approximate surface area is 105 Å². The van der Waals surface area contributed by atoms with Gasteiger partial charge in [-0.1, -0.05) is 12.1 Å². The number of Topliss-reactive ketones (excluding diaryl/α,β-unsaturated/α-hetero) is 1. The Morgan fingerprint density at radius 3 is 2.61 bits per heavy atom. The fourth-order valence-corrected chi connectivity index (χ4v) is 3.95. The van der Waals surface area contributed by atoms with Gasteiger partial charge in [0.15, 0.2) is 5.78 Å². The van der Waals surface area contributed by atoms with E-state index in [0.29, 0.717) is 5.78 Å². The van der Waals surface area contributed by atoms with Gasteiger partial charge >= 0.3 is 0 Å². The number of benzene rings is 1. The smallest absolute Gasteiger partial charge is 0.151 e. The number of rotatable bonds is 1. The van der Waals surface area contributed by atoms with Crippen LogP contribution in [0.2, 0.25) is 0 Å². The van der Waals surface area contributed by atoms with Crippen LogP contribution in [0.15, 0.2) is 24.3 Å². The zero-order valence-corrected chi connectivity index (χ0v) is 10.1. The third kappa shape index (κ3) is 1.27. The highest BCUT2D eigenvalue weighted by Crippen LogP contribution is 2.41. The molecule has 4 aliphatic rings. The van der Waals surface area contributed by atoms with E-state index >= 15 is 0 Å². The van der Waals surface area contributed by atoms with Gasteiger partial charge in [0.1, 0.15) is 5.82 Å². The normalized spacial score (nSPS) is 41.4. The molecule has 2 unspecified atom stereocenters. The Kier molecular flexibility index (Phi) is 2.01. The molecule has 4 saturated heterocycles. The van der Waals surface area contributed by atoms with Crippen LogP contribution in [0.4, 0.5) is 4.39 Å². The highest BCUT2D eigenvalue weighted by Gasteiger charge is 2.56. The lowest BCUT2D eigenvalue weighted by Gasteiger charge is -2.58. The van der Waals surface area contributed by atoms with Crippen molar-refractivity contribution in [2.75, 3.05) is 32.8 Å². The highest BCUT2D eigenvalue weighted by atomic mass is 19.1. The molecule has 5 rings (SSSR count). The Morgan fingerprint density at radius 1 is 1.22 bits per heavy atom. The van der Waals surface area contributed by atoms with E-state index in [9.17, 15) is 9.18 Å². The number of hydrogen-bond acceptors (Lipinski definition) is 3. The van der Waals surface area contributed by atoms with Gasteiger partial charge in [-0.2, -0.15) is 0 Å². The van der Waals surface area contributed by atoms with Crippen LogP contribution in [0.5, 0.6) is 0 Å². The molecule has 0 spiro atoms. The third-order valence-corrected chi connectivity index (χ3v) is 4.56. The third-order valence-electron chi connectivity index (χ3n) is 4.56. The van der Waals surface area contributed by atoms with Gasteiger partial charge < -0.3 is 0 Å². The van der Waals surface area contributed by atoms with E-state index in [1.165, 1.54) is 12.1 Å². The van der Waals surface area contributed by atoms with Crippen LogP contribution in [0.25, 0.3) is 0 Å². The predicted octanol–water partition coefficient (Wildman–Crippen LogP) is 0.851. The molecule has 1 aromatic rings. The molecule has 0 aromatic heterocycles. The van der Waals surface area contributed by atoms with E-state index in [4.69, 9.17) is 0 Å². The fourth-order valence-electron chi connectivity index (χ4n) is 3.95. The van der Waals surface area contributed by atoms with E-state index in [-0.39, 0.29) is 11.7 Å². The largest absolute Gasteiger partial charge is 0.298 e. The van der Waals surface area contributed by atoms with E-state index in [1.54, 1.807) is 6.07 Å². The van der Waals surface area contributed by atoms with Crippen molar-refractivity contribution in [2.45, 2.75) is 5.41 Å². The molecule has 3 nitrogen and oxygen atoms in total. The number of ketones is 1. The van der Waals surface area contributed by atoms with E-state index in [0.717, 1.165) is 38.4 Å². The number of carbonyl (C=O) groups is 1. The first-order chi connectivity index (χ1) is 8.67. The molecule has 2 atom stereocenters. The lowest BCUT2D eigenvalue weighted by Crippen LogP contribution is -2.73. The van der Waals surface area contributed by atoms with E-state index in [2.05, 4.69) is 9.80 Å². The molecule has 18 heavy (non-hydrogen) atoms. The lowest BCUT2D eigenvalue weighted by molar-refractivity contribution is -0.153. The summed E-state index contributed by atoms with van der Waals surface area (Å²) in [5.41, 5.74) is 0.369. The lowest BCUT2D eigenvalue weighted by atomic mass is 9.65. The maximum atomic E-state index is 13.4. The summed E-state index contributed by atoms with van der Waals surface area (Å²) in [7, 11) is 0. The molecule has 0 N–H and O–H groups in total. The van der Waals surface area contributed by atoms with Crippen molar-refractivity contribution >= 4 is 5.78 Å². The van der Waals surface area contributed by atoms with Crippen LogP contribution >= 0.6 is 0 Å². The average Bonchev–Trinajstić information content (AvgIpc) is 2.35. The zero-order chi connectivity index (χ0) is 12.3. The second-order valence-electron chi connectivity index (χ2n) is 5.82. The molecular weight excluding hydrogens is 231 g/mol. The molecule has 0 saturated carbocycles. The molecule has 4 heterocycles. The Balaban J connectivity index is 1.84. The maximum absolute atomic E-state index is 13.4. The molecule has 4 aliphatic heterocycles. The SMILES string of the molecule is O=C1C2CN3CN(C2)CC1(c1cccc(F)c1)C3. The second-order valence-corrected chi connectivity index (χ2v) is 5.82. The molecule has 0 aliphatic carbocycles. The van der Waals surface area contributed by atoms with Gasteiger partial charge in [-0.15, -0.1) is 0 Å². The Bertz CT molecular complexity index is 516. The van der Waals surface area contributed by atoms with Gasteiger partial charge in [-0.3, -0.25) is 14.6 Å². The summed E-state index contributed by atoms with van der Waals surface area (Å²) in [5, 5.41) is 0. The van der Waals surface area contributed by atoms with Crippen molar-refractivity contribution in [3.05, 3.63) is 35.6 Å². The van der Waals surface area contributed by atoms with Crippen molar-refractivity contribution in [3.8, 4) is 0 Å². The van der Waals surface area contributed by atoms with Gasteiger partial charge in [0, 0.05) is 32.1 Å². The van der Waals surface area contributed by atoms with Gasteiger partial charge in [0.25, 0.3) is 0 Å². The second kappa shape index (κ2) is 3.39. The summed E-state index contributed by atoms with van der Waals surface area (Å²) < 4.78 is 13.4.